The molecule has 3 rings (SSSR count). The van der Waals surface area contributed by atoms with Crippen LogP contribution in [0.5, 0.6) is 0 Å². The topological polar surface area (TPSA) is 64.8 Å². The van der Waals surface area contributed by atoms with Gasteiger partial charge < -0.3 is 0 Å². The maximum atomic E-state index is 11.9. The van der Waals surface area contributed by atoms with Gasteiger partial charge in [-0.25, -0.2) is 8.42 Å². The molecule has 0 N–H and O–H groups in total. The van der Waals surface area contributed by atoms with Crippen LogP contribution in [-0.4, -0.2) is 29.4 Å². The molecule has 5 nitrogen and oxygen atoms in total. The predicted octanol–water partition coefficient (Wildman–Crippen LogP) is 2.34. The van der Waals surface area contributed by atoms with Crippen LogP contribution in [0.4, 0.5) is 0 Å². The Morgan fingerprint density at radius 1 is 0.857 bits per heavy atom. The van der Waals surface area contributed by atoms with Crippen molar-refractivity contribution in [2.24, 2.45) is 0 Å². The van der Waals surface area contributed by atoms with Gasteiger partial charge in [0.05, 0.1) is 0 Å². The Hall–Kier alpha value is -2.47. The fourth-order valence-electron chi connectivity index (χ4n) is 2.09. The van der Waals surface area contributed by atoms with Crippen LogP contribution in [0.25, 0.3) is 17.1 Å². The minimum absolute atomic E-state index is 0.0625. The molecular weight excluding hydrogens is 286 g/mol. The summed E-state index contributed by atoms with van der Waals surface area (Å²) in [5.74, 6) is 0.502. The van der Waals surface area contributed by atoms with Crippen LogP contribution in [-0.2, 0) is 9.84 Å². The molecule has 0 aliphatic heterocycles. The molecule has 0 amide bonds. The van der Waals surface area contributed by atoms with E-state index in [1.165, 1.54) is 0 Å². The van der Waals surface area contributed by atoms with E-state index < -0.39 is 9.84 Å². The van der Waals surface area contributed by atoms with Crippen molar-refractivity contribution < 1.29 is 8.42 Å². The Morgan fingerprint density at radius 3 is 2.00 bits per heavy atom. The predicted molar refractivity (Wildman–Crippen MR) is 79.9 cm³/mol. The third-order valence-electron chi connectivity index (χ3n) is 3.01. The summed E-state index contributed by atoms with van der Waals surface area (Å²) >= 11 is 0. The molecule has 0 saturated carbocycles. The molecule has 3 aromatic rings. The fourth-order valence-corrected chi connectivity index (χ4v) is 2.81. The maximum absolute atomic E-state index is 11.9. The molecule has 21 heavy (non-hydrogen) atoms. The summed E-state index contributed by atoms with van der Waals surface area (Å²) in [7, 11) is -3.48. The average Bonchev–Trinajstić information content (AvgIpc) is 2.94. The highest BCUT2D eigenvalue weighted by atomic mass is 32.2. The molecule has 0 saturated heterocycles. The third kappa shape index (κ3) is 2.57. The van der Waals surface area contributed by atoms with E-state index in [4.69, 9.17) is 0 Å². The quantitative estimate of drug-likeness (QED) is 0.744. The molecule has 106 valence electrons. The highest BCUT2D eigenvalue weighted by Crippen LogP contribution is 2.24. The van der Waals surface area contributed by atoms with E-state index >= 15 is 0 Å². The van der Waals surface area contributed by atoms with Gasteiger partial charge in [-0.2, -0.15) is 0 Å². The Morgan fingerprint density at radius 2 is 1.43 bits per heavy atom. The first-order valence-corrected chi connectivity index (χ1v) is 8.23. The van der Waals surface area contributed by atoms with E-state index in [1.807, 2.05) is 60.7 Å². The summed E-state index contributed by atoms with van der Waals surface area (Å²) in [6, 6.07) is 18.6. The number of hydrogen-bond donors (Lipinski definition) is 0. The molecule has 2 aromatic carbocycles. The van der Waals surface area contributed by atoms with Gasteiger partial charge in [0.15, 0.2) is 5.82 Å². The lowest BCUT2D eigenvalue weighted by molar-refractivity contribution is 0.589. The number of nitrogens with zero attached hydrogens (tertiary/aromatic N) is 3. The number of rotatable bonds is 3. The van der Waals surface area contributed by atoms with Crippen molar-refractivity contribution in [1.82, 2.24) is 14.8 Å². The van der Waals surface area contributed by atoms with Gasteiger partial charge in [0.25, 0.3) is 5.16 Å². The Bertz CT molecular complexity index is 856. The van der Waals surface area contributed by atoms with E-state index in [-0.39, 0.29) is 5.16 Å². The molecule has 0 unspecified atom stereocenters. The maximum Gasteiger partial charge on any atom is 0.254 e. The molecule has 0 radical (unpaired) electrons. The molecule has 0 aliphatic carbocycles. The summed E-state index contributed by atoms with van der Waals surface area (Å²) < 4.78 is 25.5. The van der Waals surface area contributed by atoms with Gasteiger partial charge in [-0.15, -0.1) is 10.2 Å². The van der Waals surface area contributed by atoms with Gasteiger partial charge >= 0.3 is 0 Å². The van der Waals surface area contributed by atoms with Crippen LogP contribution in [0.2, 0.25) is 0 Å². The molecule has 0 spiro atoms. The van der Waals surface area contributed by atoms with E-state index in [9.17, 15) is 8.42 Å². The lowest BCUT2D eigenvalue weighted by Crippen LogP contribution is -2.08. The minimum atomic E-state index is -3.48. The first kappa shape index (κ1) is 13.5. The van der Waals surface area contributed by atoms with Gasteiger partial charge in [-0.1, -0.05) is 48.5 Å². The molecule has 1 heterocycles. The Balaban J connectivity index is 2.31. The summed E-state index contributed by atoms with van der Waals surface area (Å²) in [6.45, 7) is 0. The third-order valence-corrected chi connectivity index (χ3v) is 3.94. The summed E-state index contributed by atoms with van der Waals surface area (Å²) in [6.07, 6.45) is 1.13. The molecule has 1 aromatic heterocycles. The summed E-state index contributed by atoms with van der Waals surface area (Å²) in [4.78, 5) is 0. The van der Waals surface area contributed by atoms with Crippen molar-refractivity contribution in [3.63, 3.8) is 0 Å². The summed E-state index contributed by atoms with van der Waals surface area (Å²) in [5, 5.41) is 7.87. The molecule has 6 heteroatoms. The van der Waals surface area contributed by atoms with Gasteiger partial charge in [0.1, 0.15) is 0 Å². The number of sulfone groups is 1. The number of hydrogen-bond acceptors (Lipinski definition) is 4. The summed E-state index contributed by atoms with van der Waals surface area (Å²) in [5.41, 5.74) is 1.52. The zero-order chi connectivity index (χ0) is 14.9. The normalized spacial score (nSPS) is 11.5. The molecule has 0 bridgehead atoms. The second-order valence-electron chi connectivity index (χ2n) is 4.62. The second kappa shape index (κ2) is 5.14. The lowest BCUT2D eigenvalue weighted by Gasteiger charge is -2.09. The van der Waals surface area contributed by atoms with Gasteiger partial charge in [-0.3, -0.25) is 4.57 Å². The lowest BCUT2D eigenvalue weighted by atomic mass is 10.2. The largest absolute Gasteiger partial charge is 0.266 e. The minimum Gasteiger partial charge on any atom is -0.266 e. The standard InChI is InChI=1S/C15H13N3O2S/c1-21(19,20)15-17-16-14(12-8-4-2-5-9-12)18(15)13-10-6-3-7-11-13/h2-11H,1H3. The number of para-hydroxylation sites is 1. The average molecular weight is 299 g/mol. The van der Waals surface area contributed by atoms with Crippen molar-refractivity contribution >= 4 is 9.84 Å². The number of aromatic nitrogens is 3. The van der Waals surface area contributed by atoms with Crippen molar-refractivity contribution in [3.05, 3.63) is 60.7 Å². The van der Waals surface area contributed by atoms with Crippen LogP contribution >= 0.6 is 0 Å². The van der Waals surface area contributed by atoms with Crippen LogP contribution in [0.1, 0.15) is 0 Å². The van der Waals surface area contributed by atoms with Crippen LogP contribution in [0, 0.1) is 0 Å². The second-order valence-corrected chi connectivity index (χ2v) is 6.52. The van der Waals surface area contributed by atoms with Crippen molar-refractivity contribution in [2.75, 3.05) is 6.26 Å². The zero-order valence-corrected chi connectivity index (χ0v) is 12.2. The SMILES string of the molecule is CS(=O)(=O)c1nnc(-c2ccccc2)n1-c1ccccc1. The smallest absolute Gasteiger partial charge is 0.254 e. The van der Waals surface area contributed by atoms with E-state index in [0.29, 0.717) is 11.5 Å². The highest BCUT2D eigenvalue weighted by Gasteiger charge is 2.22. The van der Waals surface area contributed by atoms with Crippen molar-refractivity contribution in [1.29, 1.82) is 0 Å². The Labute approximate surface area is 122 Å². The van der Waals surface area contributed by atoms with Crippen LogP contribution in [0.3, 0.4) is 0 Å². The monoisotopic (exact) mass is 299 g/mol. The van der Waals surface area contributed by atoms with Gasteiger partial charge in [0.2, 0.25) is 9.84 Å². The van der Waals surface area contributed by atoms with E-state index in [1.54, 1.807) is 4.57 Å². The van der Waals surface area contributed by atoms with Gasteiger partial charge in [-0.05, 0) is 12.1 Å². The highest BCUT2D eigenvalue weighted by molar-refractivity contribution is 7.90. The Kier molecular flexibility index (Phi) is 3.31. The molecule has 0 fully saturated rings. The first-order valence-electron chi connectivity index (χ1n) is 6.34. The number of benzene rings is 2. The fraction of sp³-hybridized carbons (Fsp3) is 0.0667. The first-order chi connectivity index (χ1) is 10.1. The molecule has 0 atom stereocenters. The van der Waals surface area contributed by atoms with Gasteiger partial charge in [0, 0.05) is 17.5 Å². The van der Waals surface area contributed by atoms with Crippen LogP contribution < -0.4 is 0 Å². The van der Waals surface area contributed by atoms with E-state index in [2.05, 4.69) is 10.2 Å². The van der Waals surface area contributed by atoms with Crippen molar-refractivity contribution in [2.45, 2.75) is 5.16 Å². The molecular formula is C15H13N3O2S. The zero-order valence-electron chi connectivity index (χ0n) is 11.3. The van der Waals surface area contributed by atoms with Crippen molar-refractivity contribution in [3.8, 4) is 17.1 Å². The molecule has 0 aliphatic rings. The van der Waals surface area contributed by atoms with Crippen LogP contribution in [0.15, 0.2) is 65.8 Å². The van der Waals surface area contributed by atoms with E-state index in [0.717, 1.165) is 11.8 Å².